The first-order chi connectivity index (χ1) is 9.67. The second-order valence-electron chi connectivity index (χ2n) is 4.82. The van der Waals surface area contributed by atoms with Gasteiger partial charge in [-0.3, -0.25) is 9.59 Å². The number of rotatable bonds is 3. The zero-order valence-electron chi connectivity index (χ0n) is 10.7. The molecule has 1 fully saturated rings. The van der Waals surface area contributed by atoms with E-state index in [1.807, 2.05) is 0 Å². The Hall–Kier alpha value is -2.32. The lowest BCUT2D eigenvalue weighted by Crippen LogP contribution is -2.47. The summed E-state index contributed by atoms with van der Waals surface area (Å²) in [5.41, 5.74) is 2.37. The second-order valence-corrected chi connectivity index (χ2v) is 4.82. The molecular weight excluding hydrogens is 291 g/mol. The highest BCUT2D eigenvalue weighted by Gasteiger charge is 2.63. The molecule has 1 saturated heterocycles. The van der Waals surface area contributed by atoms with Crippen molar-refractivity contribution in [2.24, 2.45) is 11.1 Å². The van der Waals surface area contributed by atoms with Gasteiger partial charge in [0.2, 0.25) is 5.91 Å². The monoisotopic (exact) mass is 303 g/mol. The molecule has 2 heterocycles. The summed E-state index contributed by atoms with van der Waals surface area (Å²) in [6.45, 7) is -0.873. The minimum absolute atomic E-state index is 0.0960. The van der Waals surface area contributed by atoms with Gasteiger partial charge in [0.1, 0.15) is 5.82 Å². The number of carboxylic acids is 1. The average molecular weight is 303 g/mol. The third kappa shape index (κ3) is 2.50. The van der Waals surface area contributed by atoms with Crippen molar-refractivity contribution in [2.45, 2.75) is 12.6 Å². The van der Waals surface area contributed by atoms with Gasteiger partial charge in [-0.2, -0.15) is 13.2 Å². The molecule has 1 aromatic heterocycles. The summed E-state index contributed by atoms with van der Waals surface area (Å²) in [5.74, 6) is -2.56. The molecule has 1 aliphatic rings. The number of aromatic nitrogens is 1. The quantitative estimate of drug-likeness (QED) is 0.869. The van der Waals surface area contributed by atoms with Crippen LogP contribution in [-0.2, 0) is 4.79 Å². The molecule has 2 rings (SSSR count). The van der Waals surface area contributed by atoms with Crippen LogP contribution in [0.5, 0.6) is 0 Å². The Morgan fingerprint density at radius 2 is 2.10 bits per heavy atom. The maximum absolute atomic E-state index is 13.1. The minimum atomic E-state index is -4.87. The molecule has 21 heavy (non-hydrogen) atoms. The number of nitrogens with zero attached hydrogens (tertiary/aromatic N) is 2. The summed E-state index contributed by atoms with van der Waals surface area (Å²) >= 11 is 0. The van der Waals surface area contributed by atoms with Crippen LogP contribution in [0, 0.1) is 5.41 Å². The Morgan fingerprint density at radius 1 is 1.43 bits per heavy atom. The maximum Gasteiger partial charge on any atom is 0.406 e. The van der Waals surface area contributed by atoms with E-state index in [4.69, 9.17) is 10.8 Å². The first-order valence-electron chi connectivity index (χ1n) is 5.98. The number of carbonyl (C=O) groups is 2. The van der Waals surface area contributed by atoms with Gasteiger partial charge >= 0.3 is 12.1 Å². The molecule has 0 bridgehead atoms. The largest absolute Gasteiger partial charge is 0.481 e. The molecule has 1 atom stereocenters. The Labute approximate surface area is 117 Å². The summed E-state index contributed by atoms with van der Waals surface area (Å²) < 4.78 is 39.2. The number of anilines is 1. The van der Waals surface area contributed by atoms with Crippen LogP contribution < -0.4 is 10.6 Å². The molecule has 1 amide bonds. The Balaban J connectivity index is 2.32. The molecule has 114 valence electrons. The highest BCUT2D eigenvalue weighted by Crippen LogP contribution is 2.46. The summed E-state index contributed by atoms with van der Waals surface area (Å²) in [5, 5.41) is 8.97. The normalized spacial score (nSPS) is 22.3. The van der Waals surface area contributed by atoms with Crippen molar-refractivity contribution in [3.8, 4) is 0 Å². The molecule has 0 aromatic carbocycles. The van der Waals surface area contributed by atoms with Gasteiger partial charge in [0.05, 0.1) is 0 Å². The van der Waals surface area contributed by atoms with Gasteiger partial charge < -0.3 is 15.7 Å². The first kappa shape index (κ1) is 15.1. The number of pyridine rings is 1. The standard InChI is InChI=1S/C12H12F3N3O3/c13-12(14,15)11(10(20)21)2-4-18(6-11)8-5-7(9(16)19)1-3-17-8/h1,3,5H,2,4,6H2,(H2,16,19)(H,20,21). The molecule has 1 aromatic rings. The van der Waals surface area contributed by atoms with Crippen molar-refractivity contribution in [1.82, 2.24) is 4.98 Å². The van der Waals surface area contributed by atoms with E-state index in [1.165, 1.54) is 23.2 Å². The third-order valence-corrected chi connectivity index (χ3v) is 3.58. The Bertz CT molecular complexity index is 591. The fraction of sp³-hybridized carbons (Fsp3) is 0.417. The molecule has 9 heteroatoms. The molecule has 0 spiro atoms. The number of carbonyl (C=O) groups excluding carboxylic acids is 1. The van der Waals surface area contributed by atoms with Crippen LogP contribution in [0.1, 0.15) is 16.8 Å². The number of alkyl halides is 3. The number of carboxylic acid groups (broad SMARTS) is 1. The summed E-state index contributed by atoms with van der Waals surface area (Å²) in [6, 6.07) is 2.58. The van der Waals surface area contributed by atoms with Crippen LogP contribution in [-0.4, -0.2) is 41.2 Å². The molecule has 0 saturated carbocycles. The van der Waals surface area contributed by atoms with Crippen molar-refractivity contribution in [3.63, 3.8) is 0 Å². The lowest BCUT2D eigenvalue weighted by atomic mass is 9.86. The average Bonchev–Trinajstić information content (AvgIpc) is 2.84. The molecule has 3 N–H and O–H groups in total. The van der Waals surface area contributed by atoms with Gasteiger partial charge in [-0.1, -0.05) is 0 Å². The topological polar surface area (TPSA) is 96.5 Å². The molecule has 6 nitrogen and oxygen atoms in total. The van der Waals surface area contributed by atoms with Crippen molar-refractivity contribution in [2.75, 3.05) is 18.0 Å². The van der Waals surface area contributed by atoms with E-state index >= 15 is 0 Å². The van der Waals surface area contributed by atoms with E-state index in [9.17, 15) is 22.8 Å². The van der Waals surface area contributed by atoms with Crippen LogP contribution in [0.4, 0.5) is 19.0 Å². The van der Waals surface area contributed by atoms with Gasteiger partial charge in [0.15, 0.2) is 5.41 Å². The predicted molar refractivity (Wildman–Crippen MR) is 65.7 cm³/mol. The summed E-state index contributed by atoms with van der Waals surface area (Å²) in [7, 11) is 0. The highest BCUT2D eigenvalue weighted by molar-refractivity contribution is 5.93. The number of nitrogens with two attached hydrogens (primary N) is 1. The van der Waals surface area contributed by atoms with Crippen LogP contribution in [0.2, 0.25) is 0 Å². The number of hydrogen-bond donors (Lipinski definition) is 2. The molecule has 0 aliphatic carbocycles. The predicted octanol–water partition coefficient (Wildman–Crippen LogP) is 1.02. The number of aliphatic carboxylic acids is 1. The Kier molecular flexibility index (Phi) is 3.52. The van der Waals surface area contributed by atoms with Gasteiger partial charge in [-0.25, -0.2) is 4.98 Å². The second kappa shape index (κ2) is 4.90. The van der Waals surface area contributed by atoms with E-state index in [1.54, 1.807) is 0 Å². The fourth-order valence-corrected chi connectivity index (χ4v) is 2.28. The van der Waals surface area contributed by atoms with Crippen molar-refractivity contribution in [3.05, 3.63) is 23.9 Å². The van der Waals surface area contributed by atoms with Gasteiger partial charge in [0, 0.05) is 24.8 Å². The summed E-state index contributed by atoms with van der Waals surface area (Å²) in [6.07, 6.45) is -4.20. The lowest BCUT2D eigenvalue weighted by molar-refractivity contribution is -0.225. The SMILES string of the molecule is NC(=O)c1ccnc(N2CCC(C(=O)O)(C(F)(F)F)C2)c1. The van der Waals surface area contributed by atoms with Crippen LogP contribution in [0.25, 0.3) is 0 Å². The van der Waals surface area contributed by atoms with Crippen LogP contribution in [0.15, 0.2) is 18.3 Å². The van der Waals surface area contributed by atoms with Crippen molar-refractivity contribution >= 4 is 17.7 Å². The number of primary amides is 1. The third-order valence-electron chi connectivity index (χ3n) is 3.58. The van der Waals surface area contributed by atoms with Gasteiger partial charge in [0.25, 0.3) is 0 Å². The van der Waals surface area contributed by atoms with E-state index < -0.39 is 36.4 Å². The van der Waals surface area contributed by atoms with E-state index in [2.05, 4.69) is 4.98 Å². The van der Waals surface area contributed by atoms with Crippen LogP contribution >= 0.6 is 0 Å². The lowest BCUT2D eigenvalue weighted by Gasteiger charge is -2.27. The molecule has 1 aliphatic heterocycles. The first-order valence-corrected chi connectivity index (χ1v) is 5.98. The smallest absolute Gasteiger partial charge is 0.406 e. The van der Waals surface area contributed by atoms with E-state index in [0.29, 0.717) is 0 Å². The summed E-state index contributed by atoms with van der Waals surface area (Å²) in [4.78, 5) is 27.2. The maximum atomic E-state index is 13.1. The van der Waals surface area contributed by atoms with Gasteiger partial charge in [-0.15, -0.1) is 0 Å². The van der Waals surface area contributed by atoms with Gasteiger partial charge in [-0.05, 0) is 18.6 Å². The number of amides is 1. The zero-order valence-corrected chi connectivity index (χ0v) is 10.7. The molecule has 1 unspecified atom stereocenters. The van der Waals surface area contributed by atoms with E-state index in [0.717, 1.165) is 0 Å². The molecule has 0 radical (unpaired) electrons. The minimum Gasteiger partial charge on any atom is -0.481 e. The molecular formula is C12H12F3N3O3. The highest BCUT2D eigenvalue weighted by atomic mass is 19.4. The zero-order chi connectivity index (χ0) is 15.8. The van der Waals surface area contributed by atoms with Crippen molar-refractivity contribution in [1.29, 1.82) is 0 Å². The fourth-order valence-electron chi connectivity index (χ4n) is 2.28. The van der Waals surface area contributed by atoms with Crippen LogP contribution in [0.3, 0.4) is 0 Å². The number of hydrogen-bond acceptors (Lipinski definition) is 4. The van der Waals surface area contributed by atoms with E-state index in [-0.39, 0.29) is 17.9 Å². The number of halogens is 3. The Morgan fingerprint density at radius 3 is 2.57 bits per heavy atom. The van der Waals surface area contributed by atoms with Crippen molar-refractivity contribution < 1.29 is 27.9 Å².